The first-order valence-electron chi connectivity index (χ1n) is 11.8. The molecule has 11 heteroatoms. The maximum atomic E-state index is 15.3. The van der Waals surface area contributed by atoms with Gasteiger partial charge in [-0.2, -0.15) is 0 Å². The summed E-state index contributed by atoms with van der Waals surface area (Å²) in [5, 5.41) is 2.55. The van der Waals surface area contributed by atoms with Crippen molar-refractivity contribution >= 4 is 51.5 Å². The minimum atomic E-state index is -0.428. The number of carbonyl (C=O) groups excluding carboxylic acids is 3. The molecule has 0 unspecified atom stereocenters. The van der Waals surface area contributed by atoms with Gasteiger partial charge in [-0.3, -0.25) is 24.6 Å². The molecule has 0 spiro atoms. The van der Waals surface area contributed by atoms with Crippen LogP contribution in [0.5, 0.6) is 0 Å². The molecule has 1 N–H and O–H groups in total. The maximum Gasteiger partial charge on any atom is 0.302 e. The van der Waals surface area contributed by atoms with Gasteiger partial charge in [0.25, 0.3) is 11.1 Å². The summed E-state index contributed by atoms with van der Waals surface area (Å²) in [5.74, 6) is -1.06. The Morgan fingerprint density at radius 3 is 2.65 bits per heavy atom. The number of carbonyl (C=O) groups is 3. The van der Waals surface area contributed by atoms with Crippen molar-refractivity contribution in [2.24, 2.45) is 0 Å². The van der Waals surface area contributed by atoms with Gasteiger partial charge in [-0.1, -0.05) is 12.1 Å². The molecule has 2 aliphatic rings. The summed E-state index contributed by atoms with van der Waals surface area (Å²) < 4.78 is 20.3. The Balaban J connectivity index is 1.35. The molecule has 2 saturated heterocycles. The SMILES string of the molecule is CC(=O)OCCN1CCN(c2ccc(-c3ncnc4ccc(C=C5SC(=O)NC5=O)cc34)cc2F)CC1. The van der Waals surface area contributed by atoms with Crippen LogP contribution in [0.25, 0.3) is 28.2 Å². The van der Waals surface area contributed by atoms with Crippen molar-refractivity contribution in [2.45, 2.75) is 6.92 Å². The zero-order chi connectivity index (χ0) is 25.9. The van der Waals surface area contributed by atoms with E-state index in [1.807, 2.05) is 17.0 Å². The topological polar surface area (TPSA) is 105 Å². The number of esters is 1. The summed E-state index contributed by atoms with van der Waals surface area (Å²) >= 11 is 0.850. The molecule has 0 radical (unpaired) electrons. The van der Waals surface area contributed by atoms with Crippen molar-refractivity contribution in [3.8, 4) is 11.3 Å². The highest BCUT2D eigenvalue weighted by molar-refractivity contribution is 8.18. The van der Waals surface area contributed by atoms with Crippen LogP contribution < -0.4 is 10.2 Å². The van der Waals surface area contributed by atoms with E-state index in [2.05, 4.69) is 20.2 Å². The van der Waals surface area contributed by atoms with E-state index in [1.165, 1.54) is 19.3 Å². The predicted molar refractivity (Wildman–Crippen MR) is 139 cm³/mol. The second kappa shape index (κ2) is 10.7. The number of fused-ring (bicyclic) bond motifs is 1. The molecule has 0 atom stereocenters. The number of hydrogen-bond donors (Lipinski definition) is 1. The van der Waals surface area contributed by atoms with E-state index in [4.69, 9.17) is 4.74 Å². The van der Waals surface area contributed by atoms with Crippen molar-refractivity contribution in [3.05, 3.63) is 59.0 Å². The van der Waals surface area contributed by atoms with E-state index in [-0.39, 0.29) is 11.8 Å². The van der Waals surface area contributed by atoms with Gasteiger partial charge in [0, 0.05) is 50.6 Å². The Labute approximate surface area is 216 Å². The number of imide groups is 1. The van der Waals surface area contributed by atoms with Crippen LogP contribution in [0.15, 0.2) is 47.6 Å². The Hall–Kier alpha value is -3.83. The zero-order valence-electron chi connectivity index (χ0n) is 20.1. The summed E-state index contributed by atoms with van der Waals surface area (Å²) in [5.41, 5.74) is 3.11. The number of rotatable bonds is 6. The average molecular weight is 522 g/mol. The second-order valence-corrected chi connectivity index (χ2v) is 9.70. The van der Waals surface area contributed by atoms with Crippen molar-refractivity contribution in [1.29, 1.82) is 0 Å². The van der Waals surface area contributed by atoms with E-state index in [0.29, 0.717) is 64.6 Å². The predicted octanol–water partition coefficient (Wildman–Crippen LogP) is 3.44. The fourth-order valence-corrected chi connectivity index (χ4v) is 5.09. The highest BCUT2D eigenvalue weighted by Gasteiger charge is 2.25. The monoisotopic (exact) mass is 521 g/mol. The number of anilines is 1. The van der Waals surface area contributed by atoms with Gasteiger partial charge in [-0.05, 0) is 47.7 Å². The molecule has 2 amide bonds. The largest absolute Gasteiger partial charge is 0.465 e. The third-order valence-electron chi connectivity index (χ3n) is 6.25. The molecule has 3 heterocycles. The average Bonchev–Trinajstić information content (AvgIpc) is 3.20. The summed E-state index contributed by atoms with van der Waals surface area (Å²) in [6.45, 7) is 5.24. The van der Waals surface area contributed by atoms with Crippen LogP contribution in [0.1, 0.15) is 12.5 Å². The normalized spacial score (nSPS) is 17.5. The lowest BCUT2D eigenvalue weighted by Gasteiger charge is -2.36. The third-order valence-corrected chi connectivity index (χ3v) is 7.06. The number of thioether (sulfide) groups is 1. The van der Waals surface area contributed by atoms with Crippen molar-refractivity contribution in [1.82, 2.24) is 20.2 Å². The molecule has 190 valence electrons. The highest BCUT2D eigenvalue weighted by Crippen LogP contribution is 2.32. The zero-order valence-corrected chi connectivity index (χ0v) is 20.9. The quantitative estimate of drug-likeness (QED) is 0.386. The van der Waals surface area contributed by atoms with Crippen LogP contribution >= 0.6 is 11.8 Å². The van der Waals surface area contributed by atoms with Crippen molar-refractivity contribution in [3.63, 3.8) is 0 Å². The van der Waals surface area contributed by atoms with Gasteiger partial charge in [0.05, 0.1) is 21.8 Å². The molecule has 2 aliphatic heterocycles. The summed E-state index contributed by atoms with van der Waals surface area (Å²) in [6.07, 6.45) is 3.08. The van der Waals surface area contributed by atoms with Crippen LogP contribution in [0.2, 0.25) is 0 Å². The molecule has 5 rings (SSSR count). The fourth-order valence-electron chi connectivity index (χ4n) is 4.41. The molecule has 0 saturated carbocycles. The van der Waals surface area contributed by atoms with Gasteiger partial charge < -0.3 is 9.64 Å². The fraction of sp³-hybridized carbons (Fsp3) is 0.269. The molecule has 1 aromatic heterocycles. The number of hydrogen-bond acceptors (Lipinski definition) is 9. The number of benzene rings is 2. The van der Waals surface area contributed by atoms with E-state index in [0.717, 1.165) is 24.9 Å². The lowest BCUT2D eigenvalue weighted by Crippen LogP contribution is -2.47. The number of halogens is 1. The molecule has 2 aromatic carbocycles. The molecule has 3 aromatic rings. The van der Waals surface area contributed by atoms with Crippen LogP contribution in [0.3, 0.4) is 0 Å². The number of ether oxygens (including phenoxy) is 1. The van der Waals surface area contributed by atoms with Crippen LogP contribution in [-0.4, -0.2) is 71.3 Å². The summed E-state index contributed by atoms with van der Waals surface area (Å²) in [6, 6.07) is 10.5. The summed E-state index contributed by atoms with van der Waals surface area (Å²) in [7, 11) is 0. The van der Waals surface area contributed by atoms with Gasteiger partial charge in [-0.15, -0.1) is 0 Å². The second-order valence-electron chi connectivity index (χ2n) is 8.69. The van der Waals surface area contributed by atoms with Gasteiger partial charge in [0.2, 0.25) is 0 Å². The molecular formula is C26H24FN5O4S. The number of nitrogens with one attached hydrogen (secondary N) is 1. The van der Waals surface area contributed by atoms with E-state index in [1.54, 1.807) is 24.3 Å². The highest BCUT2D eigenvalue weighted by atomic mass is 32.2. The Bertz CT molecular complexity index is 1420. The maximum absolute atomic E-state index is 15.3. The lowest BCUT2D eigenvalue weighted by molar-refractivity contribution is -0.141. The number of amides is 2. The summed E-state index contributed by atoms with van der Waals surface area (Å²) in [4.78, 5) is 47.6. The van der Waals surface area contributed by atoms with E-state index >= 15 is 4.39 Å². The minimum absolute atomic E-state index is 0.290. The number of nitrogens with zero attached hydrogens (tertiary/aromatic N) is 4. The van der Waals surface area contributed by atoms with Gasteiger partial charge >= 0.3 is 5.97 Å². The minimum Gasteiger partial charge on any atom is -0.465 e. The molecule has 0 aliphatic carbocycles. The first-order chi connectivity index (χ1) is 17.9. The molecule has 0 bridgehead atoms. The molecule has 37 heavy (non-hydrogen) atoms. The van der Waals surface area contributed by atoms with Crippen LogP contribution in [0, 0.1) is 5.82 Å². The Morgan fingerprint density at radius 1 is 1.14 bits per heavy atom. The van der Waals surface area contributed by atoms with E-state index in [9.17, 15) is 14.4 Å². The van der Waals surface area contributed by atoms with E-state index < -0.39 is 11.1 Å². The molecule has 2 fully saturated rings. The van der Waals surface area contributed by atoms with Gasteiger partial charge in [0.15, 0.2) is 0 Å². The molecular weight excluding hydrogens is 497 g/mol. The smallest absolute Gasteiger partial charge is 0.302 e. The van der Waals surface area contributed by atoms with Gasteiger partial charge in [0.1, 0.15) is 18.8 Å². The first-order valence-corrected chi connectivity index (χ1v) is 12.6. The van der Waals surface area contributed by atoms with Gasteiger partial charge in [-0.25, -0.2) is 14.4 Å². The van der Waals surface area contributed by atoms with Crippen LogP contribution in [0.4, 0.5) is 14.9 Å². The van der Waals surface area contributed by atoms with Crippen LogP contribution in [-0.2, 0) is 14.3 Å². The Kier molecular flexibility index (Phi) is 7.15. The number of aromatic nitrogens is 2. The third kappa shape index (κ3) is 5.62. The standard InChI is InChI=1S/C26H24FN5O4S/c1-16(33)36-11-10-31-6-8-32(9-7-31)22-5-3-18(14-20(22)27)24-19-12-17(2-4-21(19)28-15-29-24)13-23-25(34)30-26(35)37-23/h2-5,12-15H,6-11H2,1H3,(H,30,34,35). The first kappa shape index (κ1) is 24.8. The number of piperazine rings is 1. The lowest BCUT2D eigenvalue weighted by atomic mass is 10.0. The van der Waals surface area contributed by atoms with Crippen molar-refractivity contribution in [2.75, 3.05) is 44.2 Å². The van der Waals surface area contributed by atoms with Crippen molar-refractivity contribution < 1.29 is 23.5 Å². The Morgan fingerprint density at radius 2 is 1.95 bits per heavy atom. The molecule has 9 nitrogen and oxygen atoms in total.